The molecule has 9 heteroatoms. The van der Waals surface area contributed by atoms with Crippen molar-refractivity contribution in [2.75, 3.05) is 11.9 Å². The van der Waals surface area contributed by atoms with E-state index >= 15 is 0 Å². The fourth-order valence-corrected chi connectivity index (χ4v) is 6.05. The monoisotopic (exact) mass is 505 g/mol. The lowest BCUT2D eigenvalue weighted by atomic mass is 9.81. The summed E-state index contributed by atoms with van der Waals surface area (Å²) in [4.78, 5) is 55.9. The van der Waals surface area contributed by atoms with Gasteiger partial charge in [0.25, 0.3) is 5.91 Å². The fourth-order valence-electron chi connectivity index (χ4n) is 4.98. The molecular formula is C27H27N3O5S. The first-order valence-corrected chi connectivity index (χ1v) is 12.9. The van der Waals surface area contributed by atoms with Crippen LogP contribution in [0.1, 0.15) is 38.2 Å². The maximum absolute atomic E-state index is 12.7. The van der Waals surface area contributed by atoms with E-state index in [0.29, 0.717) is 18.5 Å². The Bertz CT molecular complexity index is 1330. The van der Waals surface area contributed by atoms with Gasteiger partial charge in [0.15, 0.2) is 6.61 Å². The number of carbonyl (C=O) groups excluding carboxylic acids is 4. The van der Waals surface area contributed by atoms with E-state index in [1.165, 1.54) is 12.5 Å². The molecule has 1 aliphatic heterocycles. The molecule has 1 aliphatic carbocycles. The van der Waals surface area contributed by atoms with Crippen molar-refractivity contribution in [3.8, 4) is 10.6 Å². The minimum absolute atomic E-state index is 0.304. The smallest absolute Gasteiger partial charge is 0.329 e. The Balaban J connectivity index is 1.15. The van der Waals surface area contributed by atoms with Crippen LogP contribution in [0.25, 0.3) is 20.8 Å². The minimum atomic E-state index is -1.06. The first kappa shape index (κ1) is 24.1. The van der Waals surface area contributed by atoms with Gasteiger partial charge in [-0.05, 0) is 68.7 Å². The molecule has 0 spiro atoms. The predicted molar refractivity (Wildman–Crippen MR) is 136 cm³/mol. The first-order valence-electron chi connectivity index (χ1n) is 12.1. The van der Waals surface area contributed by atoms with Gasteiger partial charge in [0, 0.05) is 11.3 Å². The Morgan fingerprint density at radius 1 is 1.08 bits per heavy atom. The Hall–Kier alpha value is -3.59. The summed E-state index contributed by atoms with van der Waals surface area (Å²) < 4.78 is 6.25. The molecular weight excluding hydrogens is 478 g/mol. The molecule has 186 valence electrons. The van der Waals surface area contributed by atoms with Gasteiger partial charge in [-0.3, -0.25) is 19.3 Å². The molecule has 3 amide bonds. The molecule has 3 aromatic rings. The zero-order chi connectivity index (χ0) is 25.4. The summed E-state index contributed by atoms with van der Waals surface area (Å²) in [5.41, 5.74) is 3.62. The summed E-state index contributed by atoms with van der Waals surface area (Å²) in [5, 5.41) is 3.59. The molecule has 2 heterocycles. The van der Waals surface area contributed by atoms with E-state index in [1.54, 1.807) is 23.5 Å². The van der Waals surface area contributed by atoms with Crippen LogP contribution in [-0.2, 0) is 23.9 Å². The Labute approximate surface area is 212 Å². The van der Waals surface area contributed by atoms with Crippen molar-refractivity contribution < 1.29 is 23.9 Å². The number of nitrogens with zero attached hydrogens (tertiary/aromatic N) is 2. The molecule has 1 N–H and O–H groups in total. The van der Waals surface area contributed by atoms with E-state index in [-0.39, 0.29) is 23.7 Å². The first-order chi connectivity index (χ1) is 17.3. The van der Waals surface area contributed by atoms with Crippen molar-refractivity contribution in [2.45, 2.75) is 45.6 Å². The van der Waals surface area contributed by atoms with Gasteiger partial charge in [-0.1, -0.05) is 18.9 Å². The topological polar surface area (TPSA) is 106 Å². The number of aryl methyl sites for hydroxylation is 1. The molecule has 0 unspecified atom stereocenters. The number of hydrogen-bond donors (Lipinski definition) is 1. The van der Waals surface area contributed by atoms with E-state index in [1.807, 2.05) is 31.2 Å². The van der Waals surface area contributed by atoms with E-state index in [9.17, 15) is 19.2 Å². The highest BCUT2D eigenvalue weighted by Crippen LogP contribution is 2.39. The number of carbonyl (C=O) groups is 4. The molecule has 0 bridgehead atoms. The van der Waals surface area contributed by atoms with Gasteiger partial charge in [0.1, 0.15) is 11.0 Å². The molecule has 8 nitrogen and oxygen atoms in total. The summed E-state index contributed by atoms with van der Waals surface area (Å²) in [6.45, 7) is 3.01. The van der Waals surface area contributed by atoms with E-state index < -0.39 is 24.5 Å². The van der Waals surface area contributed by atoms with Crippen LogP contribution in [0.5, 0.6) is 0 Å². The summed E-state index contributed by atoms with van der Waals surface area (Å²) in [5.74, 6) is -2.55. The van der Waals surface area contributed by atoms with Crippen LogP contribution in [-0.4, -0.2) is 46.2 Å². The maximum atomic E-state index is 12.7. The van der Waals surface area contributed by atoms with Gasteiger partial charge in [-0.15, -0.1) is 11.3 Å². The van der Waals surface area contributed by atoms with Crippen molar-refractivity contribution in [3.05, 3.63) is 48.0 Å². The van der Waals surface area contributed by atoms with Crippen LogP contribution in [0.15, 0.2) is 42.5 Å². The van der Waals surface area contributed by atoms with Gasteiger partial charge >= 0.3 is 5.97 Å². The third kappa shape index (κ3) is 4.63. The normalized spacial score (nSPS) is 20.3. The number of anilines is 1. The number of hydrogen-bond acceptors (Lipinski definition) is 7. The maximum Gasteiger partial charge on any atom is 0.329 e. The number of rotatable bonds is 6. The second-order valence-corrected chi connectivity index (χ2v) is 10.5. The van der Waals surface area contributed by atoms with E-state index in [2.05, 4.69) is 16.4 Å². The molecule has 2 fully saturated rings. The third-order valence-electron chi connectivity index (χ3n) is 6.91. The van der Waals surface area contributed by atoms with Crippen LogP contribution in [0.4, 0.5) is 5.69 Å². The second-order valence-electron chi connectivity index (χ2n) is 9.44. The number of amides is 3. The zero-order valence-electron chi connectivity index (χ0n) is 20.2. The van der Waals surface area contributed by atoms with Crippen molar-refractivity contribution in [3.63, 3.8) is 0 Å². The summed E-state index contributed by atoms with van der Waals surface area (Å²) in [7, 11) is 0. The molecule has 36 heavy (non-hydrogen) atoms. The largest absolute Gasteiger partial charge is 0.454 e. The Morgan fingerprint density at radius 3 is 2.42 bits per heavy atom. The van der Waals surface area contributed by atoms with Gasteiger partial charge < -0.3 is 10.1 Å². The van der Waals surface area contributed by atoms with Crippen molar-refractivity contribution in [2.24, 2.45) is 11.8 Å². The minimum Gasteiger partial charge on any atom is -0.454 e. The van der Waals surface area contributed by atoms with Crippen molar-refractivity contribution >= 4 is 50.9 Å². The summed E-state index contributed by atoms with van der Waals surface area (Å²) in [6, 6.07) is 12.4. The number of ether oxygens (including phenoxy) is 1. The summed E-state index contributed by atoms with van der Waals surface area (Å²) >= 11 is 1.61. The molecule has 2 aromatic carbocycles. The summed E-state index contributed by atoms with van der Waals surface area (Å²) in [6.07, 6.45) is 3.17. The molecule has 1 saturated carbocycles. The third-order valence-corrected chi connectivity index (χ3v) is 7.98. The standard InChI is InChI=1S/C27H27N3O5S/c1-15-7-12-21-22(13-15)36-24(29-21)17-8-10-18(11-9-17)28-23(31)14-35-27(34)16(2)30-25(32)19-5-3-4-6-20(19)26(30)33/h7-13,16,19-20H,3-6,14H2,1-2H3,(H,28,31)/t16-,19-,20+/m0/s1. The lowest BCUT2D eigenvalue weighted by molar-refractivity contribution is -0.159. The number of benzene rings is 2. The highest BCUT2D eigenvalue weighted by Gasteiger charge is 2.51. The Kier molecular flexibility index (Phi) is 6.57. The van der Waals surface area contributed by atoms with Gasteiger partial charge in [0.05, 0.1) is 22.1 Å². The molecule has 0 radical (unpaired) electrons. The molecule has 1 saturated heterocycles. The second kappa shape index (κ2) is 9.81. The molecule has 5 rings (SSSR count). The van der Waals surface area contributed by atoms with Crippen LogP contribution >= 0.6 is 11.3 Å². The number of esters is 1. The number of likely N-dealkylation sites (tertiary alicyclic amines) is 1. The Morgan fingerprint density at radius 2 is 1.75 bits per heavy atom. The molecule has 2 aliphatic rings. The van der Waals surface area contributed by atoms with Gasteiger partial charge in [-0.25, -0.2) is 9.78 Å². The number of imide groups is 1. The van der Waals surface area contributed by atoms with Crippen molar-refractivity contribution in [1.82, 2.24) is 9.88 Å². The highest BCUT2D eigenvalue weighted by molar-refractivity contribution is 7.21. The molecule has 1 aromatic heterocycles. The zero-order valence-corrected chi connectivity index (χ0v) is 21.0. The predicted octanol–water partition coefficient (Wildman–Crippen LogP) is 4.32. The van der Waals surface area contributed by atoms with Gasteiger partial charge in [-0.2, -0.15) is 0 Å². The van der Waals surface area contributed by atoms with Gasteiger partial charge in [0.2, 0.25) is 11.8 Å². The lowest BCUT2D eigenvalue weighted by Gasteiger charge is -2.21. The van der Waals surface area contributed by atoms with Crippen molar-refractivity contribution in [1.29, 1.82) is 0 Å². The van der Waals surface area contributed by atoms with E-state index in [4.69, 9.17) is 4.74 Å². The quantitative estimate of drug-likeness (QED) is 0.395. The van der Waals surface area contributed by atoms with Crippen LogP contribution in [0.2, 0.25) is 0 Å². The SMILES string of the molecule is Cc1ccc2nc(-c3ccc(NC(=O)COC(=O)[C@H](C)N4C(=O)[C@H]5CCCC[C@H]5C4=O)cc3)sc2c1. The van der Waals surface area contributed by atoms with E-state index in [0.717, 1.165) is 38.5 Å². The number of fused-ring (bicyclic) bond motifs is 2. The van der Waals surface area contributed by atoms with Crippen LogP contribution < -0.4 is 5.32 Å². The van der Waals surface area contributed by atoms with Crippen LogP contribution in [0.3, 0.4) is 0 Å². The number of thiazole rings is 1. The fraction of sp³-hybridized carbons (Fsp3) is 0.370. The average molecular weight is 506 g/mol. The number of nitrogens with one attached hydrogen (secondary N) is 1. The molecule has 3 atom stereocenters. The lowest BCUT2D eigenvalue weighted by Crippen LogP contribution is -2.45. The van der Waals surface area contributed by atoms with Crippen LogP contribution in [0, 0.1) is 18.8 Å². The highest BCUT2D eigenvalue weighted by atomic mass is 32.1. The average Bonchev–Trinajstić information content (AvgIpc) is 3.41. The number of aromatic nitrogens is 1.